The van der Waals surface area contributed by atoms with Gasteiger partial charge in [-0.25, -0.2) is 4.98 Å². The van der Waals surface area contributed by atoms with E-state index in [2.05, 4.69) is 42.6 Å². The number of hydrogen-bond acceptors (Lipinski definition) is 3. The van der Waals surface area contributed by atoms with Crippen LogP contribution in [0.3, 0.4) is 0 Å². The van der Waals surface area contributed by atoms with Crippen molar-refractivity contribution in [1.29, 1.82) is 0 Å². The van der Waals surface area contributed by atoms with Gasteiger partial charge in [0.15, 0.2) is 0 Å². The maximum Gasteiger partial charge on any atom is 0.214 e. The van der Waals surface area contributed by atoms with Crippen LogP contribution in [0.1, 0.15) is 56.1 Å². The van der Waals surface area contributed by atoms with Gasteiger partial charge in [0, 0.05) is 24.4 Å². The molecule has 2 N–H and O–H groups in total. The summed E-state index contributed by atoms with van der Waals surface area (Å²) < 4.78 is 7.95. The first kappa shape index (κ1) is 13.4. The Morgan fingerprint density at radius 2 is 2.30 bits per heavy atom. The van der Waals surface area contributed by atoms with Crippen LogP contribution in [-0.2, 0) is 19.4 Å². The van der Waals surface area contributed by atoms with Gasteiger partial charge in [-0.2, -0.15) is 0 Å². The van der Waals surface area contributed by atoms with E-state index in [-0.39, 0.29) is 11.5 Å². The zero-order valence-corrected chi connectivity index (χ0v) is 12.5. The number of oxazole rings is 1. The summed E-state index contributed by atoms with van der Waals surface area (Å²) in [6, 6.07) is 2.30. The number of nitrogens with zero attached hydrogens (tertiary/aromatic N) is 2. The van der Waals surface area contributed by atoms with Crippen molar-refractivity contribution in [2.24, 2.45) is 11.1 Å². The Hall–Kier alpha value is -1.55. The van der Waals surface area contributed by atoms with Crippen molar-refractivity contribution >= 4 is 0 Å². The van der Waals surface area contributed by atoms with Crippen LogP contribution in [0.4, 0.5) is 0 Å². The monoisotopic (exact) mass is 273 g/mol. The molecule has 2 heterocycles. The summed E-state index contributed by atoms with van der Waals surface area (Å²) >= 11 is 0. The molecule has 108 valence electrons. The smallest absolute Gasteiger partial charge is 0.214 e. The topological polar surface area (TPSA) is 57.0 Å². The second-order valence-electron chi connectivity index (χ2n) is 6.57. The van der Waals surface area contributed by atoms with Crippen LogP contribution < -0.4 is 5.73 Å². The number of fused-ring (bicyclic) bond motifs is 1. The maximum absolute atomic E-state index is 6.30. The molecule has 0 aliphatic heterocycles. The van der Waals surface area contributed by atoms with E-state index in [1.807, 2.05) is 6.20 Å². The van der Waals surface area contributed by atoms with E-state index in [1.165, 1.54) is 11.3 Å². The van der Waals surface area contributed by atoms with Gasteiger partial charge in [-0.15, -0.1) is 0 Å². The third-order valence-corrected chi connectivity index (χ3v) is 4.19. The van der Waals surface area contributed by atoms with Crippen LogP contribution in [0.25, 0.3) is 0 Å². The first-order valence-electron chi connectivity index (χ1n) is 7.35. The standard InChI is InChI=1S/C16H23N3O/c1-4-11-9-18-15(20-11)10-19-6-5-12-13(17)7-16(2,3)8-14(12)19/h5-6,9,13H,4,7-8,10,17H2,1-3H3. The van der Waals surface area contributed by atoms with Crippen LogP contribution in [-0.4, -0.2) is 9.55 Å². The highest BCUT2D eigenvalue weighted by atomic mass is 16.4. The van der Waals surface area contributed by atoms with Crippen molar-refractivity contribution in [1.82, 2.24) is 9.55 Å². The first-order chi connectivity index (χ1) is 9.48. The molecule has 2 aromatic heterocycles. The Kier molecular flexibility index (Phi) is 3.21. The summed E-state index contributed by atoms with van der Waals surface area (Å²) in [7, 11) is 0. The fraction of sp³-hybridized carbons (Fsp3) is 0.562. The highest BCUT2D eigenvalue weighted by molar-refractivity contribution is 5.30. The lowest BCUT2D eigenvalue weighted by Gasteiger charge is -2.34. The van der Waals surface area contributed by atoms with Crippen LogP contribution in [0.2, 0.25) is 0 Å². The average Bonchev–Trinajstić information content (AvgIpc) is 2.96. The largest absolute Gasteiger partial charge is 0.444 e. The molecular weight excluding hydrogens is 250 g/mol. The summed E-state index contributed by atoms with van der Waals surface area (Å²) in [4.78, 5) is 4.35. The quantitative estimate of drug-likeness (QED) is 0.935. The molecule has 1 unspecified atom stereocenters. The van der Waals surface area contributed by atoms with Crippen LogP contribution in [0, 0.1) is 5.41 Å². The number of rotatable bonds is 3. The number of aryl methyl sites for hydroxylation is 1. The molecule has 1 aliphatic carbocycles. The summed E-state index contributed by atoms with van der Waals surface area (Å²) in [6.07, 6.45) is 6.92. The van der Waals surface area contributed by atoms with E-state index >= 15 is 0 Å². The van der Waals surface area contributed by atoms with Crippen LogP contribution in [0.5, 0.6) is 0 Å². The third kappa shape index (κ3) is 2.40. The van der Waals surface area contributed by atoms with Gasteiger partial charge < -0.3 is 14.7 Å². The second-order valence-corrected chi connectivity index (χ2v) is 6.57. The van der Waals surface area contributed by atoms with E-state index in [0.29, 0.717) is 6.54 Å². The molecule has 1 aliphatic rings. The van der Waals surface area contributed by atoms with Gasteiger partial charge in [0.1, 0.15) is 5.76 Å². The molecule has 4 heteroatoms. The second kappa shape index (κ2) is 4.77. The number of aromatic nitrogens is 2. The Morgan fingerprint density at radius 1 is 1.50 bits per heavy atom. The fourth-order valence-corrected chi connectivity index (χ4v) is 3.17. The molecule has 0 saturated heterocycles. The molecular formula is C16H23N3O. The molecule has 1 atom stereocenters. The summed E-state index contributed by atoms with van der Waals surface area (Å²) in [5.41, 5.74) is 9.18. The van der Waals surface area contributed by atoms with Gasteiger partial charge >= 0.3 is 0 Å². The van der Waals surface area contributed by atoms with Crippen molar-refractivity contribution in [3.63, 3.8) is 0 Å². The molecule has 0 fully saturated rings. The number of hydrogen-bond donors (Lipinski definition) is 1. The predicted octanol–water partition coefficient (Wildman–Crippen LogP) is 3.06. The zero-order chi connectivity index (χ0) is 14.3. The Balaban J connectivity index is 1.89. The molecule has 3 rings (SSSR count). The predicted molar refractivity (Wildman–Crippen MR) is 78.4 cm³/mol. The molecule has 0 aromatic carbocycles. The van der Waals surface area contributed by atoms with Gasteiger partial charge in [0.2, 0.25) is 5.89 Å². The molecule has 4 nitrogen and oxygen atoms in total. The molecule has 0 amide bonds. The maximum atomic E-state index is 6.30. The molecule has 0 saturated carbocycles. The summed E-state index contributed by atoms with van der Waals surface area (Å²) in [5, 5.41) is 0. The van der Waals surface area contributed by atoms with Gasteiger partial charge in [-0.3, -0.25) is 0 Å². The molecule has 0 bridgehead atoms. The average molecular weight is 273 g/mol. The van der Waals surface area contributed by atoms with E-state index in [4.69, 9.17) is 10.2 Å². The lowest BCUT2D eigenvalue weighted by Crippen LogP contribution is -2.30. The van der Waals surface area contributed by atoms with Crippen molar-refractivity contribution in [3.8, 4) is 0 Å². The Labute approximate surface area is 120 Å². The Bertz CT molecular complexity index is 609. The number of nitrogens with two attached hydrogens (primary N) is 1. The lowest BCUT2D eigenvalue weighted by atomic mass is 9.74. The highest BCUT2D eigenvalue weighted by Crippen LogP contribution is 2.40. The SMILES string of the molecule is CCc1cnc(Cn2ccc3c2CC(C)(C)CC3N)o1. The van der Waals surface area contributed by atoms with Gasteiger partial charge in [0.05, 0.1) is 12.7 Å². The minimum absolute atomic E-state index is 0.144. The van der Waals surface area contributed by atoms with Gasteiger partial charge in [0.25, 0.3) is 0 Å². The summed E-state index contributed by atoms with van der Waals surface area (Å²) in [6.45, 7) is 7.34. The van der Waals surface area contributed by atoms with E-state index < -0.39 is 0 Å². The van der Waals surface area contributed by atoms with Gasteiger partial charge in [-0.05, 0) is 29.9 Å². The zero-order valence-electron chi connectivity index (χ0n) is 12.5. The third-order valence-electron chi connectivity index (χ3n) is 4.19. The Morgan fingerprint density at radius 3 is 3.00 bits per heavy atom. The molecule has 0 radical (unpaired) electrons. The minimum atomic E-state index is 0.144. The first-order valence-corrected chi connectivity index (χ1v) is 7.35. The van der Waals surface area contributed by atoms with E-state index in [0.717, 1.165) is 30.9 Å². The summed E-state index contributed by atoms with van der Waals surface area (Å²) in [5.74, 6) is 1.72. The van der Waals surface area contributed by atoms with Crippen LogP contribution in [0.15, 0.2) is 22.9 Å². The highest BCUT2D eigenvalue weighted by Gasteiger charge is 2.32. The van der Waals surface area contributed by atoms with E-state index in [1.54, 1.807) is 0 Å². The molecule has 20 heavy (non-hydrogen) atoms. The van der Waals surface area contributed by atoms with Gasteiger partial charge in [-0.1, -0.05) is 20.8 Å². The molecule has 2 aromatic rings. The fourth-order valence-electron chi connectivity index (χ4n) is 3.17. The lowest BCUT2D eigenvalue weighted by molar-refractivity contribution is 0.275. The normalized spacial score (nSPS) is 20.9. The van der Waals surface area contributed by atoms with Crippen LogP contribution >= 0.6 is 0 Å². The van der Waals surface area contributed by atoms with Crippen molar-refractivity contribution in [2.45, 2.75) is 52.6 Å². The van der Waals surface area contributed by atoms with Crippen molar-refractivity contribution in [2.75, 3.05) is 0 Å². The van der Waals surface area contributed by atoms with Crippen molar-refractivity contribution < 1.29 is 4.42 Å². The van der Waals surface area contributed by atoms with E-state index in [9.17, 15) is 0 Å². The van der Waals surface area contributed by atoms with Crippen molar-refractivity contribution in [3.05, 3.63) is 41.4 Å². The minimum Gasteiger partial charge on any atom is -0.444 e. The molecule has 0 spiro atoms.